The summed E-state index contributed by atoms with van der Waals surface area (Å²) in [5.41, 5.74) is 0.572. The third-order valence-electron chi connectivity index (χ3n) is 4.49. The van der Waals surface area contributed by atoms with Crippen molar-refractivity contribution in [3.63, 3.8) is 0 Å². The van der Waals surface area contributed by atoms with Crippen LogP contribution in [0.3, 0.4) is 0 Å². The molecule has 1 fully saturated rings. The number of halogens is 1. The molecule has 1 N–H and O–H groups in total. The summed E-state index contributed by atoms with van der Waals surface area (Å²) in [7, 11) is -3.54. The molecule has 0 bridgehead atoms. The van der Waals surface area contributed by atoms with Crippen LogP contribution >= 0.6 is 11.3 Å². The molecule has 0 unspecified atom stereocenters. The predicted octanol–water partition coefficient (Wildman–Crippen LogP) is 3.22. The van der Waals surface area contributed by atoms with Crippen LogP contribution in [-0.4, -0.2) is 28.2 Å². The van der Waals surface area contributed by atoms with Crippen LogP contribution in [0.1, 0.15) is 23.3 Å². The van der Waals surface area contributed by atoms with Gasteiger partial charge in [-0.2, -0.15) is 0 Å². The maximum atomic E-state index is 13.2. The lowest BCUT2D eigenvalue weighted by Crippen LogP contribution is -2.44. The smallest absolute Gasteiger partial charge is 0.250 e. The van der Waals surface area contributed by atoms with E-state index in [0.717, 1.165) is 10.4 Å². The second-order valence-electron chi connectivity index (χ2n) is 6.09. The van der Waals surface area contributed by atoms with Crippen molar-refractivity contribution in [3.8, 4) is 0 Å². The van der Waals surface area contributed by atoms with Gasteiger partial charge in [-0.1, -0.05) is 12.1 Å². The molecule has 3 rings (SSSR count). The summed E-state index contributed by atoms with van der Waals surface area (Å²) in [6.07, 6.45) is 1.40. The van der Waals surface area contributed by atoms with E-state index in [9.17, 15) is 12.8 Å². The third-order valence-corrected chi connectivity index (χ3v) is 7.38. The molecule has 1 aliphatic heterocycles. The van der Waals surface area contributed by atoms with Gasteiger partial charge in [0.25, 0.3) is 0 Å². The van der Waals surface area contributed by atoms with Crippen LogP contribution in [-0.2, 0) is 20.2 Å². The Balaban J connectivity index is 1.84. The minimum Gasteiger partial charge on any atom is -0.381 e. The molecule has 4 nitrogen and oxygen atoms in total. The summed E-state index contributed by atoms with van der Waals surface area (Å²) in [6.45, 7) is 3.29. The van der Waals surface area contributed by atoms with E-state index in [1.807, 2.05) is 6.92 Å². The summed E-state index contributed by atoms with van der Waals surface area (Å²) in [6, 6.07) is 9.74. The van der Waals surface area contributed by atoms with Crippen LogP contribution in [0, 0.1) is 12.7 Å². The summed E-state index contributed by atoms with van der Waals surface area (Å²) in [5.74, 6) is -0.296. The number of sulfonamides is 1. The van der Waals surface area contributed by atoms with Gasteiger partial charge in [-0.25, -0.2) is 17.5 Å². The second-order valence-corrected chi connectivity index (χ2v) is 9.37. The first-order valence-corrected chi connectivity index (χ1v) is 10.1. The van der Waals surface area contributed by atoms with Gasteiger partial charge in [0.15, 0.2) is 0 Å². The lowest BCUT2D eigenvalue weighted by Gasteiger charge is -2.37. The van der Waals surface area contributed by atoms with Gasteiger partial charge in [0.05, 0.1) is 0 Å². The first kappa shape index (κ1) is 17.5. The Bertz CT molecular complexity index is 793. The quantitative estimate of drug-likeness (QED) is 0.880. The van der Waals surface area contributed by atoms with Crippen molar-refractivity contribution in [1.82, 2.24) is 4.72 Å². The van der Waals surface area contributed by atoms with Crippen molar-refractivity contribution in [3.05, 3.63) is 52.7 Å². The van der Waals surface area contributed by atoms with Crippen molar-refractivity contribution >= 4 is 21.4 Å². The van der Waals surface area contributed by atoms with Crippen LogP contribution < -0.4 is 4.72 Å². The van der Waals surface area contributed by atoms with Crippen molar-refractivity contribution in [2.24, 2.45) is 0 Å². The van der Waals surface area contributed by atoms with Gasteiger partial charge in [0, 0.05) is 30.1 Å². The molecular formula is C17H20FNO3S2. The maximum Gasteiger partial charge on any atom is 0.250 e. The molecule has 2 aromatic rings. The normalized spacial score (nSPS) is 17.8. The summed E-state index contributed by atoms with van der Waals surface area (Å²) < 4.78 is 46.8. The molecule has 0 atom stereocenters. The number of ether oxygens (including phenoxy) is 1. The first-order chi connectivity index (χ1) is 11.4. The van der Waals surface area contributed by atoms with Gasteiger partial charge in [0.1, 0.15) is 10.0 Å². The maximum absolute atomic E-state index is 13.2. The Hall–Kier alpha value is -1.28. The zero-order valence-electron chi connectivity index (χ0n) is 13.4. The fraction of sp³-hybridized carbons (Fsp3) is 0.412. The molecular weight excluding hydrogens is 349 g/mol. The van der Waals surface area contributed by atoms with Crippen molar-refractivity contribution in [2.75, 3.05) is 19.8 Å². The largest absolute Gasteiger partial charge is 0.381 e. The zero-order valence-corrected chi connectivity index (χ0v) is 15.1. The molecule has 1 aromatic carbocycles. The molecule has 1 aromatic heterocycles. The Morgan fingerprint density at radius 1 is 1.17 bits per heavy atom. The van der Waals surface area contributed by atoms with E-state index >= 15 is 0 Å². The monoisotopic (exact) mass is 369 g/mol. The van der Waals surface area contributed by atoms with Crippen LogP contribution in [0.25, 0.3) is 0 Å². The molecule has 7 heteroatoms. The highest BCUT2D eigenvalue weighted by Crippen LogP contribution is 2.35. The highest BCUT2D eigenvalue weighted by atomic mass is 32.2. The average Bonchev–Trinajstić information content (AvgIpc) is 3.02. The molecule has 0 spiro atoms. The van der Waals surface area contributed by atoms with Crippen LogP contribution in [0.4, 0.5) is 4.39 Å². The van der Waals surface area contributed by atoms with E-state index in [0.29, 0.717) is 30.3 Å². The molecule has 1 saturated heterocycles. The zero-order chi connectivity index (χ0) is 17.2. The molecule has 130 valence electrons. The minimum atomic E-state index is -3.54. The second kappa shape index (κ2) is 6.92. The molecule has 0 amide bonds. The number of hydrogen-bond acceptors (Lipinski definition) is 4. The summed E-state index contributed by atoms with van der Waals surface area (Å²) >= 11 is 1.25. The lowest BCUT2D eigenvalue weighted by molar-refractivity contribution is 0.0517. The first-order valence-electron chi connectivity index (χ1n) is 7.81. The van der Waals surface area contributed by atoms with E-state index < -0.39 is 10.0 Å². The SMILES string of the molecule is Cc1ccc(S(=O)(=O)NCC2(c3ccc(F)cc3)CCOCC2)s1. The number of nitrogens with one attached hydrogen (secondary N) is 1. The number of thiophene rings is 1. The van der Waals surface area contributed by atoms with Gasteiger partial charge in [-0.3, -0.25) is 0 Å². The average molecular weight is 369 g/mol. The van der Waals surface area contributed by atoms with E-state index in [4.69, 9.17) is 4.74 Å². The van der Waals surface area contributed by atoms with Gasteiger partial charge >= 0.3 is 0 Å². The molecule has 0 saturated carbocycles. The van der Waals surface area contributed by atoms with Gasteiger partial charge in [0.2, 0.25) is 10.0 Å². The number of hydrogen-bond donors (Lipinski definition) is 1. The Morgan fingerprint density at radius 2 is 1.83 bits per heavy atom. The Kier molecular flexibility index (Phi) is 5.05. The fourth-order valence-corrected chi connectivity index (χ4v) is 5.45. The summed E-state index contributed by atoms with van der Waals surface area (Å²) in [4.78, 5) is 0.953. The van der Waals surface area contributed by atoms with Crippen molar-refractivity contribution in [2.45, 2.75) is 29.4 Å². The molecule has 2 heterocycles. The molecule has 1 aliphatic rings. The molecule has 0 radical (unpaired) electrons. The van der Waals surface area contributed by atoms with Crippen LogP contribution in [0.5, 0.6) is 0 Å². The molecule has 0 aliphatic carbocycles. The number of rotatable bonds is 5. The highest BCUT2D eigenvalue weighted by molar-refractivity contribution is 7.91. The predicted molar refractivity (Wildman–Crippen MR) is 92.4 cm³/mol. The number of aryl methyl sites for hydroxylation is 1. The van der Waals surface area contributed by atoms with Crippen molar-refractivity contribution < 1.29 is 17.5 Å². The van der Waals surface area contributed by atoms with E-state index in [1.165, 1.54) is 23.5 Å². The highest BCUT2D eigenvalue weighted by Gasteiger charge is 2.36. The summed E-state index contributed by atoms with van der Waals surface area (Å²) in [5, 5.41) is 0. The minimum absolute atomic E-state index is 0.279. The van der Waals surface area contributed by atoms with Crippen LogP contribution in [0.2, 0.25) is 0 Å². The Morgan fingerprint density at radius 3 is 2.42 bits per heavy atom. The van der Waals surface area contributed by atoms with E-state index in [2.05, 4.69) is 4.72 Å². The van der Waals surface area contributed by atoms with E-state index in [-0.39, 0.29) is 17.8 Å². The van der Waals surface area contributed by atoms with Gasteiger partial charge in [-0.15, -0.1) is 11.3 Å². The van der Waals surface area contributed by atoms with Crippen LogP contribution in [0.15, 0.2) is 40.6 Å². The lowest BCUT2D eigenvalue weighted by atomic mass is 9.74. The van der Waals surface area contributed by atoms with Gasteiger partial charge < -0.3 is 4.74 Å². The topological polar surface area (TPSA) is 55.4 Å². The van der Waals surface area contributed by atoms with Crippen molar-refractivity contribution in [1.29, 1.82) is 0 Å². The van der Waals surface area contributed by atoms with Gasteiger partial charge in [-0.05, 0) is 49.6 Å². The Labute approximate surface area is 145 Å². The molecule has 24 heavy (non-hydrogen) atoms. The third kappa shape index (κ3) is 3.69. The fourth-order valence-electron chi connectivity index (χ4n) is 2.99. The van der Waals surface area contributed by atoms with E-state index in [1.54, 1.807) is 24.3 Å². The number of benzene rings is 1. The standard InChI is InChI=1S/C17H20FNO3S2/c1-13-2-7-16(23-13)24(20,21)19-12-17(8-10-22-11-9-17)14-3-5-15(18)6-4-14/h2-7,19H,8-12H2,1H3.